The lowest BCUT2D eigenvalue weighted by Gasteiger charge is -2.27. The highest BCUT2D eigenvalue weighted by Crippen LogP contribution is 2.19. The molecule has 1 amide bonds. The number of carbonyl (C=O) groups is 2. The van der Waals surface area contributed by atoms with E-state index in [1.54, 1.807) is 4.90 Å². The first-order chi connectivity index (χ1) is 10.7. The highest BCUT2D eigenvalue weighted by Gasteiger charge is 2.22. The predicted molar refractivity (Wildman–Crippen MR) is 92.2 cm³/mol. The van der Waals surface area contributed by atoms with Gasteiger partial charge in [0.2, 0.25) is 0 Å². The van der Waals surface area contributed by atoms with Crippen LogP contribution in [0.1, 0.15) is 32.8 Å². The average Bonchev–Trinajstić information content (AvgIpc) is 2.42. The van der Waals surface area contributed by atoms with Gasteiger partial charge in [-0.05, 0) is 38.8 Å². The third-order valence-electron chi connectivity index (χ3n) is 2.80. The Morgan fingerprint density at radius 3 is 2.52 bits per heavy atom. The van der Waals surface area contributed by atoms with E-state index in [1.807, 2.05) is 45.0 Å². The Bertz CT molecular complexity index is 578. The summed E-state index contributed by atoms with van der Waals surface area (Å²) in [5.74, 6) is -1.00. The molecule has 6 heteroatoms. The van der Waals surface area contributed by atoms with Crippen LogP contribution in [0.5, 0.6) is 0 Å². The van der Waals surface area contributed by atoms with Gasteiger partial charge in [0.1, 0.15) is 5.60 Å². The first-order valence-electron chi connectivity index (χ1n) is 7.30. The van der Waals surface area contributed by atoms with Gasteiger partial charge in [-0.3, -0.25) is 0 Å². The number of amides is 1. The van der Waals surface area contributed by atoms with E-state index in [0.717, 1.165) is 16.1 Å². The number of rotatable bonds is 6. The Morgan fingerprint density at radius 1 is 1.30 bits per heavy atom. The summed E-state index contributed by atoms with van der Waals surface area (Å²) in [7, 11) is 0. The number of ether oxygens (including phenoxy) is 1. The molecule has 0 bridgehead atoms. The van der Waals surface area contributed by atoms with Gasteiger partial charge in [-0.1, -0.05) is 40.2 Å². The van der Waals surface area contributed by atoms with Crippen molar-refractivity contribution in [1.82, 2.24) is 4.90 Å². The summed E-state index contributed by atoms with van der Waals surface area (Å²) in [6.45, 7) is 6.20. The van der Waals surface area contributed by atoms with Crippen molar-refractivity contribution in [2.45, 2.75) is 39.3 Å². The molecular weight excluding hydrogens is 362 g/mol. The molecule has 0 aliphatic carbocycles. The molecule has 0 aliphatic heterocycles. The molecular formula is C17H22BrNO4. The molecule has 0 spiro atoms. The summed E-state index contributed by atoms with van der Waals surface area (Å²) < 4.78 is 6.33. The van der Waals surface area contributed by atoms with Crippen LogP contribution in [0.4, 0.5) is 4.79 Å². The standard InChI is InChI=1S/C17H22BrNO4/c1-17(2,3)23-16(22)19(11-7-6-10-15(20)21)12-13-8-4-5-9-14(13)18/h4-6,8-10H,7,11-12H2,1-3H3,(H,20,21). The van der Waals surface area contributed by atoms with Crippen LogP contribution in [0.25, 0.3) is 0 Å². The van der Waals surface area contributed by atoms with Crippen LogP contribution in [0.15, 0.2) is 40.9 Å². The minimum atomic E-state index is -1.00. The van der Waals surface area contributed by atoms with E-state index >= 15 is 0 Å². The van der Waals surface area contributed by atoms with Crippen LogP contribution >= 0.6 is 15.9 Å². The van der Waals surface area contributed by atoms with Crippen molar-refractivity contribution < 1.29 is 19.4 Å². The largest absolute Gasteiger partial charge is 0.478 e. The van der Waals surface area contributed by atoms with Crippen LogP contribution < -0.4 is 0 Å². The third kappa shape index (κ3) is 7.83. The van der Waals surface area contributed by atoms with E-state index in [4.69, 9.17) is 9.84 Å². The normalized spacial score (nSPS) is 11.5. The Balaban J connectivity index is 2.81. The molecule has 126 valence electrons. The van der Waals surface area contributed by atoms with Crippen LogP contribution in [-0.4, -0.2) is 34.2 Å². The van der Waals surface area contributed by atoms with Gasteiger partial charge in [0, 0.05) is 17.1 Å². The Hall–Kier alpha value is -1.82. The smallest absolute Gasteiger partial charge is 0.410 e. The molecule has 0 unspecified atom stereocenters. The molecule has 0 saturated carbocycles. The fourth-order valence-corrected chi connectivity index (χ4v) is 2.22. The molecule has 0 atom stereocenters. The van der Waals surface area contributed by atoms with Gasteiger partial charge in [0.25, 0.3) is 0 Å². The van der Waals surface area contributed by atoms with Crippen LogP contribution in [0, 0.1) is 0 Å². The van der Waals surface area contributed by atoms with Crippen LogP contribution in [0.2, 0.25) is 0 Å². The van der Waals surface area contributed by atoms with Gasteiger partial charge in [-0.2, -0.15) is 0 Å². The van der Waals surface area contributed by atoms with Gasteiger partial charge in [0.15, 0.2) is 0 Å². The molecule has 0 fully saturated rings. The van der Waals surface area contributed by atoms with E-state index in [1.165, 1.54) is 6.08 Å². The van der Waals surface area contributed by atoms with Crippen LogP contribution in [-0.2, 0) is 16.1 Å². The summed E-state index contributed by atoms with van der Waals surface area (Å²) in [4.78, 5) is 24.4. The summed E-state index contributed by atoms with van der Waals surface area (Å²) >= 11 is 3.47. The van der Waals surface area contributed by atoms with Crippen LogP contribution in [0.3, 0.4) is 0 Å². The number of aliphatic carboxylic acids is 1. The first kappa shape index (κ1) is 19.2. The minimum absolute atomic E-state index is 0.375. The molecule has 0 aliphatic rings. The van der Waals surface area contributed by atoms with Gasteiger partial charge >= 0.3 is 12.1 Å². The number of hydrogen-bond donors (Lipinski definition) is 1. The Kier molecular flexibility index (Phi) is 7.29. The molecule has 5 nitrogen and oxygen atoms in total. The molecule has 1 N–H and O–H groups in total. The second kappa shape index (κ2) is 8.72. The van der Waals surface area contributed by atoms with Gasteiger partial charge in [-0.25, -0.2) is 9.59 Å². The quantitative estimate of drug-likeness (QED) is 0.746. The van der Waals surface area contributed by atoms with Gasteiger partial charge < -0.3 is 14.7 Å². The van der Waals surface area contributed by atoms with Crippen molar-refractivity contribution in [3.05, 3.63) is 46.5 Å². The second-order valence-corrected chi connectivity index (χ2v) is 6.88. The third-order valence-corrected chi connectivity index (χ3v) is 3.57. The molecule has 0 heterocycles. The number of hydrogen-bond acceptors (Lipinski definition) is 3. The monoisotopic (exact) mass is 383 g/mol. The minimum Gasteiger partial charge on any atom is -0.478 e. The van der Waals surface area contributed by atoms with E-state index < -0.39 is 17.7 Å². The zero-order valence-corrected chi connectivity index (χ0v) is 15.2. The summed E-state index contributed by atoms with van der Waals surface area (Å²) in [6, 6.07) is 7.64. The number of nitrogens with zero attached hydrogens (tertiary/aromatic N) is 1. The summed E-state index contributed by atoms with van der Waals surface area (Å²) in [5, 5.41) is 8.61. The number of carboxylic acids is 1. The van der Waals surface area contributed by atoms with Gasteiger partial charge in [-0.15, -0.1) is 0 Å². The highest BCUT2D eigenvalue weighted by atomic mass is 79.9. The number of halogens is 1. The van der Waals surface area contributed by atoms with E-state index in [0.29, 0.717) is 19.5 Å². The topological polar surface area (TPSA) is 66.8 Å². The maximum Gasteiger partial charge on any atom is 0.410 e. The molecule has 1 rings (SSSR count). The lowest BCUT2D eigenvalue weighted by molar-refractivity contribution is -0.131. The zero-order valence-electron chi connectivity index (χ0n) is 13.6. The number of carbonyl (C=O) groups excluding carboxylic acids is 1. The molecule has 1 aromatic carbocycles. The number of benzene rings is 1. The molecule has 1 aromatic rings. The molecule has 0 radical (unpaired) electrons. The predicted octanol–water partition coefficient (Wildman–Crippen LogP) is 4.22. The first-order valence-corrected chi connectivity index (χ1v) is 8.09. The van der Waals surface area contributed by atoms with Crippen molar-refractivity contribution >= 4 is 28.0 Å². The number of carboxylic acid groups (broad SMARTS) is 1. The zero-order chi connectivity index (χ0) is 17.5. The van der Waals surface area contributed by atoms with Crippen molar-refractivity contribution in [1.29, 1.82) is 0 Å². The Labute approximate surface area is 145 Å². The van der Waals surface area contributed by atoms with E-state index in [2.05, 4.69) is 15.9 Å². The van der Waals surface area contributed by atoms with E-state index in [-0.39, 0.29) is 0 Å². The SMILES string of the molecule is CC(C)(C)OC(=O)N(CCC=CC(=O)O)Cc1ccccc1Br. The maximum atomic E-state index is 12.4. The second-order valence-electron chi connectivity index (χ2n) is 6.02. The molecule has 0 saturated heterocycles. The summed E-state index contributed by atoms with van der Waals surface area (Å²) in [5.41, 5.74) is 0.376. The highest BCUT2D eigenvalue weighted by molar-refractivity contribution is 9.10. The summed E-state index contributed by atoms with van der Waals surface area (Å²) in [6.07, 6.45) is 2.62. The fourth-order valence-electron chi connectivity index (χ4n) is 1.81. The van der Waals surface area contributed by atoms with Crippen molar-refractivity contribution in [3.8, 4) is 0 Å². The van der Waals surface area contributed by atoms with Crippen molar-refractivity contribution in [2.24, 2.45) is 0 Å². The Morgan fingerprint density at radius 2 is 1.96 bits per heavy atom. The van der Waals surface area contributed by atoms with Crippen molar-refractivity contribution in [3.63, 3.8) is 0 Å². The fraction of sp³-hybridized carbons (Fsp3) is 0.412. The molecule has 23 heavy (non-hydrogen) atoms. The lowest BCUT2D eigenvalue weighted by Crippen LogP contribution is -2.37. The van der Waals surface area contributed by atoms with E-state index in [9.17, 15) is 9.59 Å². The average molecular weight is 384 g/mol. The van der Waals surface area contributed by atoms with Crippen molar-refractivity contribution in [2.75, 3.05) is 6.54 Å². The van der Waals surface area contributed by atoms with Gasteiger partial charge in [0.05, 0.1) is 6.54 Å². The lowest BCUT2D eigenvalue weighted by atomic mass is 10.2. The molecule has 0 aromatic heterocycles. The maximum absolute atomic E-state index is 12.4.